The molecule has 106 valence electrons. The third kappa shape index (κ3) is 3.05. The van der Waals surface area contributed by atoms with E-state index < -0.39 is 6.03 Å². The number of carbonyl (C=O) groups is 3. The zero-order chi connectivity index (χ0) is 14.0. The Hall–Kier alpha value is -1.59. The smallest absolute Gasteiger partial charge is 0.327 e. The molecule has 6 heteroatoms. The number of amides is 4. The molecule has 0 aromatic heterocycles. The van der Waals surface area contributed by atoms with E-state index >= 15 is 0 Å². The van der Waals surface area contributed by atoms with Crippen LogP contribution in [0.1, 0.15) is 32.6 Å². The van der Waals surface area contributed by atoms with Crippen molar-refractivity contribution in [2.45, 2.75) is 38.6 Å². The van der Waals surface area contributed by atoms with E-state index in [2.05, 4.69) is 12.2 Å². The van der Waals surface area contributed by atoms with Gasteiger partial charge >= 0.3 is 6.03 Å². The van der Waals surface area contributed by atoms with Crippen LogP contribution in [0.2, 0.25) is 0 Å². The lowest BCUT2D eigenvalue weighted by Gasteiger charge is -2.29. The number of carbonyl (C=O) groups excluding carboxylic acids is 3. The first kappa shape index (κ1) is 13.8. The van der Waals surface area contributed by atoms with E-state index in [1.54, 1.807) is 7.05 Å². The van der Waals surface area contributed by atoms with Gasteiger partial charge in [-0.3, -0.25) is 14.5 Å². The van der Waals surface area contributed by atoms with Gasteiger partial charge in [0.1, 0.15) is 13.1 Å². The summed E-state index contributed by atoms with van der Waals surface area (Å²) < 4.78 is 0. The maximum atomic E-state index is 11.9. The number of nitrogens with zero attached hydrogens (tertiary/aromatic N) is 2. The van der Waals surface area contributed by atoms with Gasteiger partial charge in [-0.05, 0) is 18.8 Å². The second-order valence-electron chi connectivity index (χ2n) is 5.55. The van der Waals surface area contributed by atoms with Crippen molar-refractivity contribution in [3.05, 3.63) is 0 Å². The Morgan fingerprint density at radius 2 is 2.00 bits per heavy atom. The molecule has 1 N–H and O–H groups in total. The molecule has 1 saturated carbocycles. The standard InChI is InChI=1S/C13H21N3O3/c1-9-5-3-4-6-10(9)14-11(17)7-16-12(18)8-15(2)13(16)19/h9-10H,3-8H2,1-2H3,(H,14,17)/t9-,10+/m1/s1. The number of urea groups is 1. The van der Waals surface area contributed by atoms with Crippen LogP contribution in [0.25, 0.3) is 0 Å². The molecule has 0 aromatic rings. The summed E-state index contributed by atoms with van der Waals surface area (Å²) in [7, 11) is 1.56. The molecule has 0 unspecified atom stereocenters. The van der Waals surface area contributed by atoms with E-state index in [1.807, 2.05) is 0 Å². The van der Waals surface area contributed by atoms with Crippen molar-refractivity contribution >= 4 is 17.8 Å². The van der Waals surface area contributed by atoms with E-state index in [-0.39, 0.29) is 30.9 Å². The van der Waals surface area contributed by atoms with Crippen LogP contribution in [0.4, 0.5) is 4.79 Å². The molecule has 1 aliphatic carbocycles. The highest BCUT2D eigenvalue weighted by atomic mass is 16.2. The summed E-state index contributed by atoms with van der Waals surface area (Å²) in [6.07, 6.45) is 4.44. The topological polar surface area (TPSA) is 69.7 Å². The highest BCUT2D eigenvalue weighted by Crippen LogP contribution is 2.23. The van der Waals surface area contributed by atoms with Gasteiger partial charge in [-0.15, -0.1) is 0 Å². The Kier molecular flexibility index (Phi) is 4.07. The zero-order valence-electron chi connectivity index (χ0n) is 11.5. The number of imide groups is 1. The molecule has 0 spiro atoms. The first-order valence-corrected chi connectivity index (χ1v) is 6.84. The molecule has 2 rings (SSSR count). The molecule has 1 aliphatic heterocycles. The molecule has 0 bridgehead atoms. The molecule has 19 heavy (non-hydrogen) atoms. The summed E-state index contributed by atoms with van der Waals surface area (Å²) in [6.45, 7) is 2.03. The molecule has 1 heterocycles. The van der Waals surface area contributed by atoms with Crippen molar-refractivity contribution in [3.63, 3.8) is 0 Å². The van der Waals surface area contributed by atoms with Gasteiger partial charge < -0.3 is 10.2 Å². The fourth-order valence-electron chi connectivity index (χ4n) is 2.75. The maximum absolute atomic E-state index is 11.9. The Labute approximate surface area is 113 Å². The van der Waals surface area contributed by atoms with E-state index in [0.29, 0.717) is 5.92 Å². The van der Waals surface area contributed by atoms with Crippen LogP contribution < -0.4 is 5.32 Å². The van der Waals surface area contributed by atoms with Crippen molar-refractivity contribution < 1.29 is 14.4 Å². The van der Waals surface area contributed by atoms with Gasteiger partial charge in [0.05, 0.1) is 0 Å². The molecule has 2 fully saturated rings. The lowest BCUT2D eigenvalue weighted by Crippen LogP contribution is -2.47. The summed E-state index contributed by atoms with van der Waals surface area (Å²) in [5.41, 5.74) is 0. The molecule has 2 aliphatic rings. The van der Waals surface area contributed by atoms with Crippen molar-refractivity contribution in [1.29, 1.82) is 0 Å². The minimum Gasteiger partial charge on any atom is -0.352 e. The monoisotopic (exact) mass is 267 g/mol. The van der Waals surface area contributed by atoms with E-state index in [1.165, 1.54) is 11.3 Å². The van der Waals surface area contributed by atoms with Crippen molar-refractivity contribution in [1.82, 2.24) is 15.1 Å². The second-order valence-corrected chi connectivity index (χ2v) is 5.55. The van der Waals surface area contributed by atoms with Crippen molar-refractivity contribution in [2.75, 3.05) is 20.1 Å². The van der Waals surface area contributed by atoms with Crippen LogP contribution in [-0.4, -0.2) is 53.8 Å². The number of hydrogen-bond donors (Lipinski definition) is 1. The Morgan fingerprint density at radius 1 is 1.32 bits per heavy atom. The first-order valence-electron chi connectivity index (χ1n) is 6.84. The molecular weight excluding hydrogens is 246 g/mol. The van der Waals surface area contributed by atoms with Gasteiger partial charge in [0.15, 0.2) is 0 Å². The van der Waals surface area contributed by atoms with E-state index in [4.69, 9.17) is 0 Å². The third-order valence-corrected chi connectivity index (χ3v) is 3.99. The normalized spacial score (nSPS) is 27.9. The van der Waals surface area contributed by atoms with Gasteiger partial charge in [-0.2, -0.15) is 0 Å². The number of likely N-dealkylation sites (N-methyl/N-ethyl adjacent to an activating group) is 1. The van der Waals surface area contributed by atoms with Gasteiger partial charge in [-0.1, -0.05) is 19.8 Å². The molecular formula is C13H21N3O3. The molecule has 0 aromatic carbocycles. The molecule has 1 saturated heterocycles. The van der Waals surface area contributed by atoms with E-state index in [9.17, 15) is 14.4 Å². The van der Waals surface area contributed by atoms with E-state index in [0.717, 1.165) is 24.2 Å². The molecule has 0 radical (unpaired) electrons. The minimum atomic E-state index is -0.392. The first-order chi connectivity index (χ1) is 8.99. The zero-order valence-corrected chi connectivity index (χ0v) is 11.5. The SMILES string of the molecule is C[C@@H]1CCCC[C@@H]1NC(=O)CN1C(=O)CN(C)C1=O. The Bertz CT molecular complexity index is 397. The van der Waals surface area contributed by atoms with Crippen LogP contribution in [0.15, 0.2) is 0 Å². The van der Waals surface area contributed by atoms with Gasteiger partial charge in [0.2, 0.25) is 5.91 Å². The predicted molar refractivity (Wildman–Crippen MR) is 69.3 cm³/mol. The fraction of sp³-hybridized carbons (Fsp3) is 0.769. The third-order valence-electron chi connectivity index (χ3n) is 3.99. The summed E-state index contributed by atoms with van der Waals surface area (Å²) >= 11 is 0. The molecule has 2 atom stereocenters. The average Bonchev–Trinajstić information content (AvgIpc) is 2.59. The minimum absolute atomic E-state index is 0.0615. The summed E-state index contributed by atoms with van der Waals surface area (Å²) in [5, 5.41) is 2.95. The largest absolute Gasteiger partial charge is 0.352 e. The lowest BCUT2D eigenvalue weighted by atomic mass is 9.86. The van der Waals surface area contributed by atoms with Gasteiger partial charge in [0.25, 0.3) is 5.91 Å². The quantitative estimate of drug-likeness (QED) is 0.760. The lowest BCUT2D eigenvalue weighted by molar-refractivity contribution is -0.131. The highest BCUT2D eigenvalue weighted by Gasteiger charge is 2.35. The summed E-state index contributed by atoms with van der Waals surface area (Å²) in [5.74, 6) is -0.0829. The van der Waals surface area contributed by atoms with Crippen LogP contribution in [0, 0.1) is 5.92 Å². The number of hydrogen-bond acceptors (Lipinski definition) is 3. The average molecular weight is 267 g/mol. The van der Waals surface area contributed by atoms with Gasteiger partial charge in [0, 0.05) is 13.1 Å². The van der Waals surface area contributed by atoms with Gasteiger partial charge in [-0.25, -0.2) is 4.79 Å². The van der Waals surface area contributed by atoms with Crippen LogP contribution in [-0.2, 0) is 9.59 Å². The molecule has 6 nitrogen and oxygen atoms in total. The summed E-state index contributed by atoms with van der Waals surface area (Å²) in [6, 6.07) is -0.219. The van der Waals surface area contributed by atoms with Crippen LogP contribution in [0.5, 0.6) is 0 Å². The van der Waals surface area contributed by atoms with Crippen LogP contribution >= 0.6 is 0 Å². The predicted octanol–water partition coefficient (Wildman–Crippen LogP) is 0.575. The van der Waals surface area contributed by atoms with Crippen molar-refractivity contribution in [2.24, 2.45) is 5.92 Å². The van der Waals surface area contributed by atoms with Crippen molar-refractivity contribution in [3.8, 4) is 0 Å². The van der Waals surface area contributed by atoms with Crippen LogP contribution in [0.3, 0.4) is 0 Å². The number of nitrogens with one attached hydrogen (secondary N) is 1. The highest BCUT2D eigenvalue weighted by molar-refractivity contribution is 6.04. The molecule has 4 amide bonds. The Morgan fingerprint density at radius 3 is 2.58 bits per heavy atom. The summed E-state index contributed by atoms with van der Waals surface area (Å²) in [4.78, 5) is 37.5. The second kappa shape index (κ2) is 5.59. The maximum Gasteiger partial charge on any atom is 0.327 e. The Balaban J connectivity index is 1.87. The fourth-order valence-corrected chi connectivity index (χ4v) is 2.75. The number of rotatable bonds is 3.